The van der Waals surface area contributed by atoms with Gasteiger partial charge in [0.25, 0.3) is 0 Å². The van der Waals surface area contributed by atoms with Crippen molar-refractivity contribution in [3.8, 4) is 0 Å². The number of aliphatic hydroxyl groups excluding tert-OH is 1. The number of hydrogen-bond acceptors (Lipinski definition) is 3. The van der Waals surface area contributed by atoms with Crippen LogP contribution in [0.3, 0.4) is 0 Å². The SMILES string of the molecule is NCC1CCN(CCCCCCO)CC1. The van der Waals surface area contributed by atoms with Crippen LogP contribution in [0.4, 0.5) is 0 Å². The second kappa shape index (κ2) is 8.08. The molecule has 0 unspecified atom stereocenters. The van der Waals surface area contributed by atoms with Crippen LogP contribution in [-0.4, -0.2) is 42.8 Å². The van der Waals surface area contributed by atoms with E-state index in [0.29, 0.717) is 6.61 Å². The third kappa shape index (κ3) is 5.50. The molecule has 0 saturated carbocycles. The molecule has 1 aliphatic heterocycles. The minimum absolute atomic E-state index is 0.349. The highest BCUT2D eigenvalue weighted by Gasteiger charge is 2.16. The Labute approximate surface area is 93.6 Å². The lowest BCUT2D eigenvalue weighted by atomic mass is 9.97. The lowest BCUT2D eigenvalue weighted by Crippen LogP contribution is -2.36. The zero-order valence-electron chi connectivity index (χ0n) is 9.83. The van der Waals surface area contributed by atoms with Crippen LogP contribution >= 0.6 is 0 Å². The average molecular weight is 214 g/mol. The third-order valence-electron chi connectivity index (χ3n) is 3.42. The first kappa shape index (κ1) is 12.9. The van der Waals surface area contributed by atoms with Crippen LogP contribution in [0.5, 0.6) is 0 Å². The highest BCUT2D eigenvalue weighted by atomic mass is 16.2. The molecule has 15 heavy (non-hydrogen) atoms. The van der Waals surface area contributed by atoms with E-state index in [1.54, 1.807) is 0 Å². The first-order valence-electron chi connectivity index (χ1n) is 6.40. The normalized spacial score (nSPS) is 19.6. The fourth-order valence-electron chi connectivity index (χ4n) is 2.25. The van der Waals surface area contributed by atoms with E-state index < -0.39 is 0 Å². The summed E-state index contributed by atoms with van der Waals surface area (Å²) in [4.78, 5) is 2.56. The van der Waals surface area contributed by atoms with Crippen LogP contribution in [0.25, 0.3) is 0 Å². The van der Waals surface area contributed by atoms with Crippen molar-refractivity contribution in [1.29, 1.82) is 0 Å². The molecule has 3 N–H and O–H groups in total. The van der Waals surface area contributed by atoms with Gasteiger partial charge in [-0.1, -0.05) is 12.8 Å². The molecule has 0 aromatic heterocycles. The third-order valence-corrected chi connectivity index (χ3v) is 3.42. The number of nitrogens with two attached hydrogens (primary N) is 1. The second-order valence-corrected chi connectivity index (χ2v) is 4.66. The van der Waals surface area contributed by atoms with Gasteiger partial charge in [-0.2, -0.15) is 0 Å². The van der Waals surface area contributed by atoms with E-state index in [9.17, 15) is 0 Å². The highest BCUT2D eigenvalue weighted by molar-refractivity contribution is 4.72. The first-order valence-corrected chi connectivity index (χ1v) is 6.40. The van der Waals surface area contributed by atoms with Crippen molar-refractivity contribution in [2.75, 3.05) is 32.8 Å². The van der Waals surface area contributed by atoms with Gasteiger partial charge in [0.15, 0.2) is 0 Å². The van der Waals surface area contributed by atoms with Crippen LogP contribution in [0.15, 0.2) is 0 Å². The summed E-state index contributed by atoms with van der Waals surface area (Å²) in [5.41, 5.74) is 5.66. The Morgan fingerprint density at radius 1 is 1.07 bits per heavy atom. The number of likely N-dealkylation sites (tertiary alicyclic amines) is 1. The molecule has 0 spiro atoms. The molecule has 1 fully saturated rings. The maximum atomic E-state index is 8.65. The topological polar surface area (TPSA) is 49.5 Å². The quantitative estimate of drug-likeness (QED) is 0.626. The van der Waals surface area contributed by atoms with Gasteiger partial charge in [0.2, 0.25) is 0 Å². The van der Waals surface area contributed by atoms with E-state index in [2.05, 4.69) is 4.90 Å². The Balaban J connectivity index is 1.94. The molecule has 0 bridgehead atoms. The van der Waals surface area contributed by atoms with Crippen molar-refractivity contribution in [2.45, 2.75) is 38.5 Å². The van der Waals surface area contributed by atoms with E-state index in [1.165, 1.54) is 51.7 Å². The lowest BCUT2D eigenvalue weighted by molar-refractivity contribution is 0.183. The molecule has 1 heterocycles. The van der Waals surface area contributed by atoms with Gasteiger partial charge < -0.3 is 15.7 Å². The highest BCUT2D eigenvalue weighted by Crippen LogP contribution is 2.16. The van der Waals surface area contributed by atoms with Crippen molar-refractivity contribution in [3.63, 3.8) is 0 Å². The number of unbranched alkanes of at least 4 members (excludes halogenated alkanes) is 3. The van der Waals surface area contributed by atoms with E-state index >= 15 is 0 Å². The smallest absolute Gasteiger partial charge is 0.0431 e. The summed E-state index contributed by atoms with van der Waals surface area (Å²) < 4.78 is 0. The van der Waals surface area contributed by atoms with Gasteiger partial charge in [-0.25, -0.2) is 0 Å². The summed E-state index contributed by atoms with van der Waals surface area (Å²) in [5.74, 6) is 0.774. The van der Waals surface area contributed by atoms with Crippen molar-refractivity contribution < 1.29 is 5.11 Å². The number of nitrogens with zero attached hydrogens (tertiary/aromatic N) is 1. The largest absolute Gasteiger partial charge is 0.396 e. The minimum atomic E-state index is 0.349. The average Bonchev–Trinajstić information content (AvgIpc) is 2.30. The molecule has 0 aliphatic carbocycles. The van der Waals surface area contributed by atoms with Gasteiger partial charge in [0, 0.05) is 6.61 Å². The summed E-state index contributed by atoms with van der Waals surface area (Å²) in [6.07, 6.45) is 7.26. The van der Waals surface area contributed by atoms with Gasteiger partial charge >= 0.3 is 0 Å². The van der Waals surface area contributed by atoms with Gasteiger partial charge in [0.1, 0.15) is 0 Å². The molecular weight excluding hydrogens is 188 g/mol. The molecule has 1 rings (SSSR count). The van der Waals surface area contributed by atoms with Gasteiger partial charge in [0.05, 0.1) is 0 Å². The molecule has 0 radical (unpaired) electrons. The van der Waals surface area contributed by atoms with Gasteiger partial charge in [-0.05, 0) is 57.8 Å². The maximum Gasteiger partial charge on any atom is 0.0431 e. The molecular formula is C12H26N2O. The Bertz CT molecular complexity index is 145. The summed E-state index contributed by atoms with van der Waals surface area (Å²) in [6.45, 7) is 4.93. The molecule has 0 aromatic rings. The van der Waals surface area contributed by atoms with Crippen LogP contribution in [-0.2, 0) is 0 Å². The lowest BCUT2D eigenvalue weighted by Gasteiger charge is -2.31. The zero-order chi connectivity index (χ0) is 10.9. The van der Waals surface area contributed by atoms with Crippen LogP contribution in [0.1, 0.15) is 38.5 Å². The Morgan fingerprint density at radius 3 is 2.33 bits per heavy atom. The van der Waals surface area contributed by atoms with Crippen molar-refractivity contribution in [2.24, 2.45) is 11.7 Å². The number of aliphatic hydroxyl groups is 1. The predicted molar refractivity (Wildman–Crippen MR) is 63.8 cm³/mol. The molecule has 0 aromatic carbocycles. The van der Waals surface area contributed by atoms with Crippen molar-refractivity contribution >= 4 is 0 Å². The minimum Gasteiger partial charge on any atom is -0.396 e. The zero-order valence-corrected chi connectivity index (χ0v) is 9.83. The van der Waals surface area contributed by atoms with E-state index in [0.717, 1.165) is 18.9 Å². The summed E-state index contributed by atoms with van der Waals surface area (Å²) in [6, 6.07) is 0. The Morgan fingerprint density at radius 2 is 1.73 bits per heavy atom. The summed E-state index contributed by atoms with van der Waals surface area (Å²) in [5, 5.41) is 8.65. The van der Waals surface area contributed by atoms with Crippen molar-refractivity contribution in [1.82, 2.24) is 4.90 Å². The van der Waals surface area contributed by atoms with E-state index in [4.69, 9.17) is 10.8 Å². The Kier molecular flexibility index (Phi) is 6.98. The number of hydrogen-bond donors (Lipinski definition) is 2. The molecule has 3 heteroatoms. The fraction of sp³-hybridized carbons (Fsp3) is 1.00. The number of piperidine rings is 1. The van der Waals surface area contributed by atoms with Gasteiger partial charge in [-0.15, -0.1) is 0 Å². The van der Waals surface area contributed by atoms with Crippen LogP contribution < -0.4 is 5.73 Å². The van der Waals surface area contributed by atoms with E-state index in [-0.39, 0.29) is 0 Å². The molecule has 1 saturated heterocycles. The molecule has 3 nitrogen and oxygen atoms in total. The van der Waals surface area contributed by atoms with Crippen molar-refractivity contribution in [3.05, 3.63) is 0 Å². The predicted octanol–water partition coefficient (Wildman–Crippen LogP) is 1.21. The fourth-order valence-corrected chi connectivity index (χ4v) is 2.25. The monoisotopic (exact) mass is 214 g/mol. The van der Waals surface area contributed by atoms with Gasteiger partial charge in [-0.3, -0.25) is 0 Å². The molecule has 0 atom stereocenters. The number of rotatable bonds is 7. The van der Waals surface area contributed by atoms with Crippen LogP contribution in [0.2, 0.25) is 0 Å². The molecule has 0 amide bonds. The molecule has 1 aliphatic rings. The maximum absolute atomic E-state index is 8.65. The Hall–Kier alpha value is -0.120. The summed E-state index contributed by atoms with van der Waals surface area (Å²) in [7, 11) is 0. The standard InChI is InChI=1S/C12H26N2O/c13-11-12-5-8-14(9-6-12)7-3-1-2-4-10-15/h12,15H,1-11,13H2. The molecule has 90 valence electrons. The van der Waals surface area contributed by atoms with Crippen LogP contribution in [0, 0.1) is 5.92 Å². The first-order chi connectivity index (χ1) is 7.36. The van der Waals surface area contributed by atoms with E-state index in [1.807, 2.05) is 0 Å². The second-order valence-electron chi connectivity index (χ2n) is 4.66. The summed E-state index contributed by atoms with van der Waals surface area (Å²) >= 11 is 0.